The van der Waals surface area contributed by atoms with Gasteiger partial charge in [-0.15, -0.1) is 0 Å². The molecule has 1 aromatic rings. The summed E-state index contributed by atoms with van der Waals surface area (Å²) >= 11 is 0. The topological polar surface area (TPSA) is 79.5 Å². The molecule has 0 spiro atoms. The second-order valence-corrected chi connectivity index (χ2v) is 5.60. The second-order valence-electron chi connectivity index (χ2n) is 3.61. The van der Waals surface area contributed by atoms with Crippen LogP contribution in [0.3, 0.4) is 0 Å². The van der Waals surface area contributed by atoms with Gasteiger partial charge >= 0.3 is 13.3 Å². The smallest absolute Gasteiger partial charge is 0.305 e. The molecule has 102 valence electrons. The fourth-order valence-electron chi connectivity index (χ4n) is 1.49. The van der Waals surface area contributed by atoms with Crippen LogP contribution in [0.2, 0.25) is 0 Å². The van der Waals surface area contributed by atoms with Gasteiger partial charge in [0.15, 0.2) is 0 Å². The maximum Gasteiger partial charge on any atom is 0.368 e. The molecule has 7 nitrogen and oxygen atoms in total. The molecule has 0 fully saturated rings. The van der Waals surface area contributed by atoms with E-state index in [0.717, 1.165) is 4.57 Å². The number of hydrogen-bond acceptors (Lipinski definition) is 5. The van der Waals surface area contributed by atoms with Crippen molar-refractivity contribution in [2.75, 3.05) is 13.2 Å². The molecule has 0 saturated carbocycles. The van der Waals surface area contributed by atoms with Crippen molar-refractivity contribution in [3.05, 3.63) is 27.0 Å². The maximum atomic E-state index is 12.5. The van der Waals surface area contributed by atoms with E-state index in [0.29, 0.717) is 0 Å². The highest BCUT2D eigenvalue weighted by Gasteiger charge is 2.31. The van der Waals surface area contributed by atoms with E-state index < -0.39 is 18.8 Å². The second kappa shape index (κ2) is 5.65. The minimum Gasteiger partial charge on any atom is -0.305 e. The van der Waals surface area contributed by atoms with E-state index in [1.807, 2.05) is 0 Å². The Morgan fingerprint density at radius 1 is 1.17 bits per heavy atom. The molecule has 0 atom stereocenters. The standard InChI is InChI=1S/C10H17N2O5P/c1-5-16-18(15,17-6-2)8-7-11(3)10(14)12(4)9(8)13/h7H,5-6H2,1-4H3. The van der Waals surface area contributed by atoms with Crippen LogP contribution in [0.4, 0.5) is 0 Å². The Hall–Kier alpha value is -1.17. The lowest BCUT2D eigenvalue weighted by molar-refractivity contribution is 0.229. The molecule has 8 heteroatoms. The number of nitrogens with zero attached hydrogens (tertiary/aromatic N) is 2. The molecule has 0 aromatic carbocycles. The highest BCUT2D eigenvalue weighted by atomic mass is 31.2. The molecule has 1 heterocycles. The molecule has 0 aliphatic rings. The van der Waals surface area contributed by atoms with Crippen LogP contribution in [0, 0.1) is 0 Å². The number of hydrogen-bond donors (Lipinski definition) is 0. The highest BCUT2D eigenvalue weighted by molar-refractivity contribution is 7.62. The van der Waals surface area contributed by atoms with Crippen molar-refractivity contribution < 1.29 is 13.6 Å². The van der Waals surface area contributed by atoms with Crippen molar-refractivity contribution in [1.82, 2.24) is 9.13 Å². The molecular formula is C10H17N2O5P. The fourth-order valence-corrected chi connectivity index (χ4v) is 3.22. The summed E-state index contributed by atoms with van der Waals surface area (Å²) in [5.74, 6) is 0. The summed E-state index contributed by atoms with van der Waals surface area (Å²) in [5.41, 5.74) is -1.16. The van der Waals surface area contributed by atoms with Crippen LogP contribution in [-0.2, 0) is 27.7 Å². The monoisotopic (exact) mass is 276 g/mol. The van der Waals surface area contributed by atoms with Gasteiger partial charge in [-0.05, 0) is 13.8 Å². The SMILES string of the molecule is CCOP(=O)(OCC)c1cn(C)c(=O)n(C)c1=O. The van der Waals surface area contributed by atoms with Gasteiger partial charge in [0.05, 0.1) is 13.2 Å². The van der Waals surface area contributed by atoms with Gasteiger partial charge in [-0.2, -0.15) is 0 Å². The minimum absolute atomic E-state index is 0.129. The van der Waals surface area contributed by atoms with Crippen LogP contribution in [-0.4, -0.2) is 22.3 Å². The third kappa shape index (κ3) is 2.63. The predicted molar refractivity (Wildman–Crippen MR) is 67.4 cm³/mol. The van der Waals surface area contributed by atoms with E-state index in [1.165, 1.54) is 24.9 Å². The van der Waals surface area contributed by atoms with Gasteiger partial charge in [0.2, 0.25) is 0 Å². The third-order valence-electron chi connectivity index (χ3n) is 2.32. The summed E-state index contributed by atoms with van der Waals surface area (Å²) in [6, 6.07) is 0. The Balaban J connectivity index is 3.53. The van der Waals surface area contributed by atoms with Crippen LogP contribution in [0.1, 0.15) is 13.8 Å². The van der Waals surface area contributed by atoms with E-state index in [-0.39, 0.29) is 18.5 Å². The minimum atomic E-state index is -3.68. The summed E-state index contributed by atoms with van der Waals surface area (Å²) in [6.07, 6.45) is 1.21. The average molecular weight is 276 g/mol. The summed E-state index contributed by atoms with van der Waals surface area (Å²) in [5, 5.41) is -0.129. The zero-order chi connectivity index (χ0) is 13.9. The summed E-state index contributed by atoms with van der Waals surface area (Å²) < 4.78 is 24.7. The van der Waals surface area contributed by atoms with E-state index in [9.17, 15) is 14.2 Å². The first-order valence-corrected chi connectivity index (χ1v) is 7.08. The van der Waals surface area contributed by atoms with Crippen LogP contribution in [0.5, 0.6) is 0 Å². The number of aryl methyl sites for hydroxylation is 1. The fraction of sp³-hybridized carbons (Fsp3) is 0.600. The van der Waals surface area contributed by atoms with Gasteiger partial charge in [-0.1, -0.05) is 0 Å². The predicted octanol–water partition coefficient (Wildman–Crippen LogP) is -0.0246. The molecule has 0 aliphatic heterocycles. The van der Waals surface area contributed by atoms with Crippen LogP contribution < -0.4 is 16.6 Å². The average Bonchev–Trinajstić information content (AvgIpc) is 2.31. The molecule has 0 bridgehead atoms. The Morgan fingerprint density at radius 2 is 1.67 bits per heavy atom. The maximum absolute atomic E-state index is 12.5. The summed E-state index contributed by atoms with van der Waals surface area (Å²) in [4.78, 5) is 23.5. The third-order valence-corrected chi connectivity index (χ3v) is 4.41. The first-order valence-electron chi connectivity index (χ1n) is 5.53. The molecule has 1 rings (SSSR count). The molecule has 0 saturated heterocycles. The quantitative estimate of drug-likeness (QED) is 0.706. The van der Waals surface area contributed by atoms with Gasteiger partial charge in [-0.25, -0.2) is 4.79 Å². The molecule has 0 aliphatic carbocycles. The van der Waals surface area contributed by atoms with Crippen molar-refractivity contribution in [2.45, 2.75) is 13.8 Å². The summed E-state index contributed by atoms with van der Waals surface area (Å²) in [7, 11) is -0.894. The number of rotatable bonds is 5. The Bertz CT molecular complexity index is 579. The lowest BCUT2D eigenvalue weighted by Gasteiger charge is -2.17. The Morgan fingerprint density at radius 3 is 2.11 bits per heavy atom. The zero-order valence-electron chi connectivity index (χ0n) is 10.9. The van der Waals surface area contributed by atoms with Gasteiger partial charge < -0.3 is 13.6 Å². The van der Waals surface area contributed by atoms with Crippen LogP contribution in [0.25, 0.3) is 0 Å². The van der Waals surface area contributed by atoms with E-state index in [2.05, 4.69) is 0 Å². The normalized spacial score (nSPS) is 11.8. The number of aromatic nitrogens is 2. The first kappa shape index (κ1) is 14.9. The molecule has 1 aromatic heterocycles. The largest absolute Gasteiger partial charge is 0.368 e. The molecule has 0 unspecified atom stereocenters. The van der Waals surface area contributed by atoms with Gasteiger partial charge in [-0.3, -0.25) is 13.9 Å². The first-order chi connectivity index (χ1) is 8.37. The molecule has 0 radical (unpaired) electrons. The molecular weight excluding hydrogens is 259 g/mol. The van der Waals surface area contributed by atoms with Gasteiger partial charge in [0.1, 0.15) is 5.30 Å². The van der Waals surface area contributed by atoms with Crippen molar-refractivity contribution >= 4 is 12.9 Å². The van der Waals surface area contributed by atoms with Crippen LogP contribution in [0.15, 0.2) is 15.8 Å². The lowest BCUT2D eigenvalue weighted by Crippen LogP contribution is -2.45. The molecule has 0 N–H and O–H groups in total. The van der Waals surface area contributed by atoms with Crippen LogP contribution >= 0.6 is 7.60 Å². The lowest BCUT2D eigenvalue weighted by atomic mass is 10.6. The Labute approximate surface area is 104 Å². The van der Waals surface area contributed by atoms with Gasteiger partial charge in [0, 0.05) is 20.3 Å². The highest BCUT2D eigenvalue weighted by Crippen LogP contribution is 2.45. The Kier molecular flexibility index (Phi) is 4.67. The molecule has 0 amide bonds. The molecule has 18 heavy (non-hydrogen) atoms. The van der Waals surface area contributed by atoms with Crippen molar-refractivity contribution in [1.29, 1.82) is 0 Å². The zero-order valence-corrected chi connectivity index (χ0v) is 11.8. The van der Waals surface area contributed by atoms with E-state index in [4.69, 9.17) is 9.05 Å². The van der Waals surface area contributed by atoms with Crippen molar-refractivity contribution in [3.8, 4) is 0 Å². The van der Waals surface area contributed by atoms with Gasteiger partial charge in [0.25, 0.3) is 5.56 Å². The van der Waals surface area contributed by atoms with Crippen molar-refractivity contribution in [2.24, 2.45) is 14.1 Å². The summed E-state index contributed by atoms with van der Waals surface area (Å²) in [6.45, 7) is 3.59. The van der Waals surface area contributed by atoms with E-state index in [1.54, 1.807) is 13.8 Å². The van der Waals surface area contributed by atoms with E-state index >= 15 is 0 Å². The van der Waals surface area contributed by atoms with Crippen molar-refractivity contribution in [3.63, 3.8) is 0 Å².